The number of hydrogen-bond acceptors (Lipinski definition) is 1. The standard InChI is InChI=1S/C9H11O.2ClH.Co/c10-8-9-6-4-2-1-3-5-7-9;;;/h2,4,6H,1,3,5,7H2;2*1H;/q-1;;;+3/p-2/b4-2-,9-6+;;;. The molecule has 0 saturated carbocycles. The Bertz CT molecular complexity index is 190. The molecule has 13 heavy (non-hydrogen) atoms. The first kappa shape index (κ1) is 13.2. The van der Waals surface area contributed by atoms with Gasteiger partial charge in [0.1, 0.15) is 0 Å². The Morgan fingerprint density at radius 3 is 2.69 bits per heavy atom. The van der Waals surface area contributed by atoms with E-state index in [9.17, 15) is 4.79 Å². The number of allylic oxidation sites excluding steroid dienone is 4. The van der Waals surface area contributed by atoms with Crippen molar-refractivity contribution in [3.63, 3.8) is 0 Å². The van der Waals surface area contributed by atoms with Crippen LogP contribution in [0.4, 0.5) is 0 Å². The molecule has 0 aromatic carbocycles. The molecular formula is C9H11Cl2CoO. The van der Waals surface area contributed by atoms with Gasteiger partial charge in [0.15, 0.2) is 0 Å². The summed E-state index contributed by atoms with van der Waals surface area (Å²) in [6.07, 6.45) is 12.2. The molecule has 0 N–H and O–H groups in total. The maximum atomic E-state index is 10.2. The molecule has 0 spiro atoms. The normalized spacial score (nSPS) is 22.8. The van der Waals surface area contributed by atoms with E-state index in [1.165, 1.54) is 6.42 Å². The molecular weight excluding hydrogens is 254 g/mol. The van der Waals surface area contributed by atoms with E-state index in [0.717, 1.165) is 24.8 Å². The maximum absolute atomic E-state index is 10.2. The van der Waals surface area contributed by atoms with Gasteiger partial charge in [-0.15, -0.1) is 12.2 Å². The zero-order valence-electron chi connectivity index (χ0n) is 7.06. The van der Waals surface area contributed by atoms with Gasteiger partial charge in [-0.1, -0.05) is 12.8 Å². The predicted molar refractivity (Wildman–Crippen MR) is 53.1 cm³/mol. The summed E-state index contributed by atoms with van der Waals surface area (Å²) in [5.74, 6) is 0. The van der Waals surface area contributed by atoms with Crippen LogP contribution in [-0.4, -0.2) is 6.29 Å². The fraction of sp³-hybridized carbons (Fsp3) is 0.444. The van der Waals surface area contributed by atoms with Gasteiger partial charge >= 0.3 is 33.2 Å². The van der Waals surface area contributed by atoms with Gasteiger partial charge in [-0.3, -0.25) is 0 Å². The van der Waals surface area contributed by atoms with Gasteiger partial charge in [0.25, 0.3) is 0 Å². The van der Waals surface area contributed by atoms with E-state index in [0.29, 0.717) is 12.9 Å². The molecule has 0 bridgehead atoms. The number of carbonyl (C=O) groups excluding carboxylic acids is 1. The molecule has 4 heteroatoms. The van der Waals surface area contributed by atoms with Crippen molar-refractivity contribution in [1.82, 2.24) is 0 Å². The van der Waals surface area contributed by atoms with Gasteiger partial charge in [-0.2, -0.15) is 5.57 Å². The topological polar surface area (TPSA) is 17.1 Å². The van der Waals surface area contributed by atoms with Crippen LogP contribution in [-0.2, 0) is 17.7 Å². The van der Waals surface area contributed by atoms with Crippen molar-refractivity contribution in [2.45, 2.75) is 25.7 Å². The SMILES string of the molecule is O=[C-]/C1=C/C=C\CCCC1.[Cl][Co+][Cl]. The Kier molecular flexibility index (Phi) is 10.5. The zero-order chi connectivity index (χ0) is 9.94. The summed E-state index contributed by atoms with van der Waals surface area (Å²) < 4.78 is 0. The molecule has 0 heterocycles. The Labute approximate surface area is 93.7 Å². The van der Waals surface area contributed by atoms with E-state index in [-0.39, 0.29) is 0 Å². The van der Waals surface area contributed by atoms with Crippen molar-refractivity contribution in [3.8, 4) is 0 Å². The molecule has 0 saturated heterocycles. The van der Waals surface area contributed by atoms with Crippen LogP contribution in [0.15, 0.2) is 23.8 Å². The van der Waals surface area contributed by atoms with Gasteiger partial charge in [-0.25, -0.2) is 6.08 Å². The van der Waals surface area contributed by atoms with Gasteiger partial charge < -0.3 is 4.79 Å². The van der Waals surface area contributed by atoms with E-state index >= 15 is 0 Å². The second-order valence-electron chi connectivity index (χ2n) is 2.52. The van der Waals surface area contributed by atoms with Crippen molar-refractivity contribution in [3.05, 3.63) is 23.8 Å². The quantitative estimate of drug-likeness (QED) is 0.663. The van der Waals surface area contributed by atoms with Crippen LogP contribution >= 0.6 is 20.3 Å². The minimum atomic E-state index is 0.382. The zero-order valence-corrected chi connectivity index (χ0v) is 9.61. The average molecular weight is 265 g/mol. The first-order chi connectivity index (χ1) is 6.35. The van der Waals surface area contributed by atoms with Crippen LogP contribution < -0.4 is 0 Å². The fourth-order valence-electron chi connectivity index (χ4n) is 1.03. The third-order valence-corrected chi connectivity index (χ3v) is 1.63. The summed E-state index contributed by atoms with van der Waals surface area (Å²) in [5.41, 5.74) is 0.802. The van der Waals surface area contributed by atoms with Gasteiger partial charge in [0, 0.05) is 0 Å². The molecule has 0 atom stereocenters. The van der Waals surface area contributed by atoms with Crippen LogP contribution in [0.25, 0.3) is 0 Å². The monoisotopic (exact) mass is 264 g/mol. The minimum absolute atomic E-state index is 0.382. The first-order valence-corrected chi connectivity index (χ1v) is 6.79. The third kappa shape index (κ3) is 8.56. The Hall–Kier alpha value is 0.236. The number of hydrogen-bond donors (Lipinski definition) is 0. The van der Waals surface area contributed by atoms with Crippen LogP contribution in [0.3, 0.4) is 0 Å². The second-order valence-corrected chi connectivity index (χ2v) is 4.23. The molecule has 1 aliphatic rings. The van der Waals surface area contributed by atoms with E-state index in [1.807, 2.05) is 18.4 Å². The van der Waals surface area contributed by atoms with Crippen molar-refractivity contribution in [1.29, 1.82) is 0 Å². The molecule has 0 unspecified atom stereocenters. The molecule has 0 fully saturated rings. The molecule has 76 valence electrons. The van der Waals surface area contributed by atoms with Crippen molar-refractivity contribution >= 4 is 26.6 Å². The Morgan fingerprint density at radius 2 is 2.08 bits per heavy atom. The molecule has 0 aromatic heterocycles. The van der Waals surface area contributed by atoms with E-state index in [2.05, 4.69) is 6.08 Å². The first-order valence-electron chi connectivity index (χ1n) is 3.92. The van der Waals surface area contributed by atoms with E-state index in [1.54, 1.807) is 0 Å². The summed E-state index contributed by atoms with van der Waals surface area (Å²) in [7, 11) is 9.47. The van der Waals surface area contributed by atoms with E-state index < -0.39 is 0 Å². The molecule has 0 amide bonds. The molecule has 1 nitrogen and oxygen atoms in total. The van der Waals surface area contributed by atoms with Crippen molar-refractivity contribution < 1.29 is 17.7 Å². The van der Waals surface area contributed by atoms with Gasteiger partial charge in [-0.05, 0) is 19.1 Å². The van der Waals surface area contributed by atoms with E-state index in [4.69, 9.17) is 20.3 Å². The third-order valence-electron chi connectivity index (χ3n) is 1.63. The fourth-order valence-corrected chi connectivity index (χ4v) is 1.03. The summed E-state index contributed by atoms with van der Waals surface area (Å²) >= 11 is 0.382. The van der Waals surface area contributed by atoms with Crippen LogP contribution in [0.2, 0.25) is 0 Å². The molecule has 0 aliphatic heterocycles. The van der Waals surface area contributed by atoms with Gasteiger partial charge in [0.05, 0.1) is 0 Å². The van der Waals surface area contributed by atoms with Crippen molar-refractivity contribution in [2.24, 2.45) is 0 Å². The number of halogens is 2. The molecule has 0 aromatic rings. The van der Waals surface area contributed by atoms with Crippen molar-refractivity contribution in [2.75, 3.05) is 0 Å². The Morgan fingerprint density at radius 1 is 1.38 bits per heavy atom. The summed E-state index contributed by atoms with van der Waals surface area (Å²) in [6, 6.07) is 0. The van der Waals surface area contributed by atoms with Crippen LogP contribution in [0, 0.1) is 0 Å². The molecule has 1 rings (SSSR count). The summed E-state index contributed by atoms with van der Waals surface area (Å²) in [4.78, 5) is 10.2. The Balaban J connectivity index is 0.000000424. The van der Waals surface area contributed by atoms with Crippen LogP contribution in [0.5, 0.6) is 0 Å². The average Bonchev–Trinajstić information content (AvgIpc) is 2.05. The summed E-state index contributed by atoms with van der Waals surface area (Å²) in [5, 5.41) is 0. The second kappa shape index (κ2) is 10.3. The molecule has 0 radical (unpaired) electrons. The predicted octanol–water partition coefficient (Wildman–Crippen LogP) is 3.53. The number of rotatable bonds is 1. The summed E-state index contributed by atoms with van der Waals surface area (Å²) in [6.45, 7) is 0. The van der Waals surface area contributed by atoms with Crippen LogP contribution in [0.1, 0.15) is 25.7 Å². The van der Waals surface area contributed by atoms with Gasteiger partial charge in [0.2, 0.25) is 0 Å². The molecule has 1 aliphatic carbocycles.